The number of aryl methyl sites for hydroxylation is 1. The van der Waals surface area contributed by atoms with Crippen LogP contribution in [0.5, 0.6) is 0 Å². The number of furan rings is 1. The Morgan fingerprint density at radius 3 is 1.60 bits per heavy atom. The molecule has 0 unspecified atom stereocenters. The van der Waals surface area contributed by atoms with Gasteiger partial charge in [0.2, 0.25) is 0 Å². The van der Waals surface area contributed by atoms with Crippen LogP contribution < -0.4 is 26.4 Å². The van der Waals surface area contributed by atoms with Crippen molar-refractivity contribution < 1.29 is 4.42 Å². The number of benzene rings is 6. The third-order valence-corrected chi connectivity index (χ3v) is 20.1. The second-order valence-electron chi connectivity index (χ2n) is 28.2. The fourth-order valence-electron chi connectivity index (χ4n) is 14.2. The van der Waals surface area contributed by atoms with Crippen LogP contribution in [0.2, 0.25) is 0 Å². The Labute approximate surface area is 443 Å². The zero-order valence-corrected chi connectivity index (χ0v) is 48.1. The van der Waals surface area contributed by atoms with Gasteiger partial charge >= 0.3 is 0 Å². The first-order valence-electron chi connectivity index (χ1n) is 27.6. The van der Waals surface area contributed by atoms with Gasteiger partial charge in [-0.25, -0.2) is 0 Å². The summed E-state index contributed by atoms with van der Waals surface area (Å²) in [5.41, 5.74) is 26.3. The molecule has 0 fully saturated rings. The van der Waals surface area contributed by atoms with E-state index < -0.39 is 0 Å². The first-order chi connectivity index (χ1) is 34.1. The maximum absolute atomic E-state index is 7.79. The van der Waals surface area contributed by atoms with Crippen LogP contribution in [0.3, 0.4) is 0 Å². The summed E-state index contributed by atoms with van der Waals surface area (Å²) < 4.78 is 7.79. The molecule has 376 valence electrons. The molecule has 1 aromatic heterocycles. The predicted octanol–water partition coefficient (Wildman–Crippen LogP) is 17.6. The van der Waals surface area contributed by atoms with Gasteiger partial charge in [-0.15, -0.1) is 11.8 Å². The van der Waals surface area contributed by atoms with Crippen molar-refractivity contribution in [1.29, 1.82) is 0 Å². The molecule has 7 aromatic rings. The van der Waals surface area contributed by atoms with E-state index in [2.05, 4.69) is 224 Å². The quantitative estimate of drug-likeness (QED) is 0.129. The molecule has 73 heavy (non-hydrogen) atoms. The minimum Gasteiger partial charge on any atom is -0.468 e. The highest BCUT2D eigenvalue weighted by molar-refractivity contribution is 7.98. The molecule has 3 aliphatic carbocycles. The summed E-state index contributed by atoms with van der Waals surface area (Å²) in [6.45, 7) is 38.7. The molecule has 0 radical (unpaired) electrons. The molecule has 3 nitrogen and oxygen atoms in total. The van der Waals surface area contributed by atoms with Crippen LogP contribution in [-0.2, 0) is 37.9 Å². The van der Waals surface area contributed by atoms with Crippen molar-refractivity contribution in [3.63, 3.8) is 0 Å². The number of hydrogen-bond donors (Lipinski definition) is 0. The van der Waals surface area contributed by atoms with Crippen LogP contribution in [0, 0.1) is 6.92 Å². The zero-order valence-electron chi connectivity index (χ0n) is 47.3. The van der Waals surface area contributed by atoms with Crippen molar-refractivity contribution in [2.75, 3.05) is 16.1 Å². The maximum atomic E-state index is 7.79. The highest BCUT2D eigenvalue weighted by atomic mass is 32.2. The summed E-state index contributed by atoms with van der Waals surface area (Å²) in [7, 11) is 0. The molecule has 0 atom stereocenters. The van der Waals surface area contributed by atoms with E-state index >= 15 is 0 Å². The second kappa shape index (κ2) is 15.7. The summed E-state index contributed by atoms with van der Waals surface area (Å²) in [5, 5.41) is 1.21. The predicted molar refractivity (Wildman–Crippen MR) is 317 cm³/mol. The fourth-order valence-corrected chi connectivity index (χ4v) is 14.6. The Morgan fingerprint density at radius 2 is 1.03 bits per heavy atom. The van der Waals surface area contributed by atoms with Crippen LogP contribution in [0.25, 0.3) is 22.1 Å². The normalized spacial score (nSPS) is 20.2. The molecule has 2 aliphatic heterocycles. The SMILES string of the molecule is CSc1ccc(N2c3cc(C)cc4c3B(c3cc5c(cc3N4c3ccc4c(c3)C(C)(C)CCC4(C)C)C(C)(C)CCC5(C)C)c3oc4cc5c(cc4c32)C(C)(C)CCC5(C)C)c(-c2ccc(C(C)(C)C)cc2)c1. The lowest BCUT2D eigenvalue weighted by Gasteiger charge is -2.47. The van der Waals surface area contributed by atoms with Gasteiger partial charge in [0.15, 0.2) is 0 Å². The summed E-state index contributed by atoms with van der Waals surface area (Å²) >= 11 is 1.82. The number of hydrogen-bond acceptors (Lipinski definition) is 4. The van der Waals surface area contributed by atoms with Gasteiger partial charge in [-0.2, -0.15) is 0 Å². The topological polar surface area (TPSA) is 19.6 Å². The van der Waals surface area contributed by atoms with Gasteiger partial charge in [0.1, 0.15) is 5.58 Å². The Hall–Kier alpha value is -5.13. The van der Waals surface area contributed by atoms with Crippen LogP contribution in [0.15, 0.2) is 106 Å². The summed E-state index contributed by atoms with van der Waals surface area (Å²) in [5.74, 6) is 0. The van der Waals surface area contributed by atoms with Crippen LogP contribution >= 0.6 is 11.8 Å². The average molecular weight is 983 g/mol. The highest BCUT2D eigenvalue weighted by Gasteiger charge is 2.50. The first kappa shape index (κ1) is 48.8. The third-order valence-electron chi connectivity index (χ3n) is 19.4. The molecule has 0 saturated heterocycles. The smallest absolute Gasteiger partial charge is 0.297 e. The Kier molecular flexibility index (Phi) is 10.5. The lowest BCUT2D eigenvalue weighted by Crippen LogP contribution is -2.61. The Morgan fingerprint density at radius 1 is 0.507 bits per heavy atom. The van der Waals surface area contributed by atoms with E-state index in [1.165, 1.54) is 124 Å². The van der Waals surface area contributed by atoms with E-state index in [1.807, 2.05) is 11.8 Å². The van der Waals surface area contributed by atoms with E-state index in [0.717, 1.165) is 36.9 Å². The standard InChI is InChI=1S/C68H79BN2OS/c1-40-32-56-59-57(33-40)71(54-25-23-44(73-17)35-45(54)41-18-20-42(21-19-41)62(2,3)4)60-46-36-49-52(68(15,16)31-28-65(49,9)10)39-58(46)72-61(60)69(59)53-37-50-51(67(13,14)30-29-66(50,11)12)38-55(53)70(56)43-22-24-47-48(34-43)64(7,8)27-26-63(47,5)6/h18-25,32-39H,26-31H2,1-17H3. The van der Waals surface area contributed by atoms with Gasteiger partial charge in [-0.3, -0.25) is 0 Å². The lowest BCUT2D eigenvalue weighted by molar-refractivity contribution is 0.332. The van der Waals surface area contributed by atoms with Crippen LogP contribution in [0.1, 0.15) is 187 Å². The van der Waals surface area contributed by atoms with E-state index in [9.17, 15) is 0 Å². The number of fused-ring (bicyclic) bond motifs is 9. The molecule has 0 bridgehead atoms. The molecule has 5 aliphatic rings. The molecule has 12 rings (SSSR count). The van der Waals surface area contributed by atoms with Crippen LogP contribution in [0.4, 0.5) is 34.1 Å². The molecular weight excluding hydrogens is 904 g/mol. The van der Waals surface area contributed by atoms with E-state index in [-0.39, 0.29) is 44.6 Å². The van der Waals surface area contributed by atoms with Gasteiger partial charge in [0.05, 0.1) is 17.0 Å². The summed E-state index contributed by atoms with van der Waals surface area (Å²) in [4.78, 5) is 6.59. The lowest BCUT2D eigenvalue weighted by atomic mass is 9.35. The molecule has 3 heterocycles. The van der Waals surface area contributed by atoms with Crippen molar-refractivity contribution in [3.8, 4) is 11.1 Å². The van der Waals surface area contributed by atoms with Gasteiger partial charge < -0.3 is 14.2 Å². The van der Waals surface area contributed by atoms with Crippen molar-refractivity contribution in [1.82, 2.24) is 0 Å². The highest BCUT2D eigenvalue weighted by Crippen LogP contribution is 2.56. The average Bonchev–Trinajstić information content (AvgIpc) is 3.70. The third kappa shape index (κ3) is 7.34. The van der Waals surface area contributed by atoms with Gasteiger partial charge in [0.25, 0.3) is 6.71 Å². The minimum atomic E-state index is -0.132. The molecule has 0 amide bonds. The van der Waals surface area contributed by atoms with Gasteiger partial charge in [0, 0.05) is 38.6 Å². The summed E-state index contributed by atoms with van der Waals surface area (Å²) in [6.07, 6.45) is 9.18. The van der Waals surface area contributed by atoms with Crippen LogP contribution in [-0.4, -0.2) is 13.0 Å². The molecule has 0 spiro atoms. The number of rotatable bonds is 4. The van der Waals surface area contributed by atoms with Crippen molar-refractivity contribution in [2.24, 2.45) is 0 Å². The Balaban J connectivity index is 1.22. The van der Waals surface area contributed by atoms with Gasteiger partial charge in [-0.05, 0) is 211 Å². The van der Waals surface area contributed by atoms with E-state index in [4.69, 9.17) is 4.42 Å². The maximum Gasteiger partial charge on any atom is 0.297 e. The monoisotopic (exact) mass is 983 g/mol. The van der Waals surface area contributed by atoms with Crippen molar-refractivity contribution in [3.05, 3.63) is 142 Å². The fraction of sp³-hybridized carbons (Fsp3) is 0.441. The number of nitrogens with zero attached hydrogens (tertiary/aromatic N) is 2. The van der Waals surface area contributed by atoms with Crippen molar-refractivity contribution in [2.45, 2.75) is 192 Å². The number of thioether (sulfide) groups is 1. The largest absolute Gasteiger partial charge is 0.468 e. The Bertz CT molecular complexity index is 3460. The van der Waals surface area contributed by atoms with E-state index in [1.54, 1.807) is 0 Å². The molecule has 6 aromatic carbocycles. The number of anilines is 6. The minimum absolute atomic E-state index is 0.0205. The molecule has 0 N–H and O–H groups in total. The zero-order chi connectivity index (χ0) is 51.9. The second-order valence-corrected chi connectivity index (χ2v) is 29.1. The summed E-state index contributed by atoms with van der Waals surface area (Å²) in [6, 6.07) is 39.5. The van der Waals surface area contributed by atoms with Gasteiger partial charge in [-0.1, -0.05) is 140 Å². The van der Waals surface area contributed by atoms with E-state index in [0.29, 0.717) is 0 Å². The molecule has 0 saturated carbocycles. The first-order valence-corrected chi connectivity index (χ1v) is 28.8. The molecular formula is C68H79BN2OS. The van der Waals surface area contributed by atoms with Crippen molar-refractivity contribution >= 4 is 80.2 Å². The molecule has 5 heteroatoms.